The highest BCUT2D eigenvalue weighted by Crippen LogP contribution is 2.18. The highest BCUT2D eigenvalue weighted by Gasteiger charge is 2.18. The number of H-pyrrole nitrogens is 1. The average Bonchev–Trinajstić information content (AvgIpc) is 3.12. The number of aliphatic hydroxyl groups excluding tert-OH is 1. The van der Waals surface area contributed by atoms with Crippen LogP contribution in [-0.2, 0) is 24.2 Å². The molecule has 29 heavy (non-hydrogen) atoms. The Morgan fingerprint density at radius 2 is 2.10 bits per heavy atom. The highest BCUT2D eigenvalue weighted by atomic mass is 19.1. The maximum Gasteiger partial charge on any atom is 0.220 e. The van der Waals surface area contributed by atoms with Crippen molar-refractivity contribution in [1.82, 2.24) is 20.2 Å². The number of benzene rings is 2. The van der Waals surface area contributed by atoms with E-state index in [4.69, 9.17) is 0 Å². The predicted octanol–water partition coefficient (Wildman–Crippen LogP) is 2.17. The first-order valence-electron chi connectivity index (χ1n) is 9.95. The number of aromatic amines is 1. The minimum atomic E-state index is -0.613. The lowest BCUT2D eigenvalue weighted by Gasteiger charge is -2.30. The molecular weight excluding hydrogens is 371 g/mol. The number of hydrogen-bond acceptors (Lipinski definition) is 4. The van der Waals surface area contributed by atoms with Gasteiger partial charge in [0.1, 0.15) is 11.6 Å². The predicted molar refractivity (Wildman–Crippen MR) is 109 cm³/mol. The van der Waals surface area contributed by atoms with E-state index < -0.39 is 6.10 Å². The summed E-state index contributed by atoms with van der Waals surface area (Å²) in [6.45, 7) is 2.49. The van der Waals surface area contributed by atoms with Crippen LogP contribution in [-0.4, -0.2) is 51.6 Å². The van der Waals surface area contributed by atoms with Crippen molar-refractivity contribution < 1.29 is 14.3 Å². The Balaban J connectivity index is 1.20. The van der Waals surface area contributed by atoms with Crippen LogP contribution in [0.25, 0.3) is 11.0 Å². The van der Waals surface area contributed by atoms with Gasteiger partial charge in [0.05, 0.1) is 17.1 Å². The smallest absolute Gasteiger partial charge is 0.220 e. The lowest BCUT2D eigenvalue weighted by Crippen LogP contribution is -2.42. The van der Waals surface area contributed by atoms with Crippen molar-refractivity contribution in [2.24, 2.45) is 0 Å². The largest absolute Gasteiger partial charge is 0.390 e. The van der Waals surface area contributed by atoms with Crippen molar-refractivity contribution in [1.29, 1.82) is 0 Å². The van der Waals surface area contributed by atoms with Crippen LogP contribution in [0.5, 0.6) is 0 Å². The number of nitrogens with zero attached hydrogens (tertiary/aromatic N) is 2. The van der Waals surface area contributed by atoms with E-state index in [9.17, 15) is 14.3 Å². The fraction of sp³-hybridized carbons (Fsp3) is 0.364. The van der Waals surface area contributed by atoms with Gasteiger partial charge in [0.15, 0.2) is 0 Å². The molecule has 0 fully saturated rings. The molecule has 0 unspecified atom stereocenters. The first-order valence-corrected chi connectivity index (χ1v) is 9.95. The monoisotopic (exact) mass is 396 g/mol. The van der Waals surface area contributed by atoms with Crippen LogP contribution in [0.15, 0.2) is 42.5 Å². The van der Waals surface area contributed by atoms with Gasteiger partial charge >= 0.3 is 0 Å². The number of halogens is 1. The molecule has 152 valence electrons. The van der Waals surface area contributed by atoms with Crippen LogP contribution >= 0.6 is 0 Å². The fourth-order valence-corrected chi connectivity index (χ4v) is 3.78. The Labute approximate surface area is 168 Å². The lowest BCUT2D eigenvalue weighted by molar-refractivity contribution is -0.121. The summed E-state index contributed by atoms with van der Waals surface area (Å²) in [4.78, 5) is 21.7. The number of carbonyl (C=O) groups excluding carboxylic acids is 1. The van der Waals surface area contributed by atoms with Crippen LogP contribution in [0, 0.1) is 5.82 Å². The number of fused-ring (bicyclic) bond motifs is 2. The van der Waals surface area contributed by atoms with Crippen LogP contribution in [0.4, 0.5) is 4.39 Å². The van der Waals surface area contributed by atoms with Gasteiger partial charge in [-0.1, -0.05) is 24.3 Å². The number of carbonyl (C=O) groups is 1. The molecule has 6 nitrogen and oxygen atoms in total. The first kappa shape index (κ1) is 19.5. The molecule has 2 heterocycles. The molecule has 2 aromatic carbocycles. The van der Waals surface area contributed by atoms with Crippen LogP contribution < -0.4 is 5.32 Å². The fourth-order valence-electron chi connectivity index (χ4n) is 3.78. The van der Waals surface area contributed by atoms with Gasteiger partial charge in [-0.3, -0.25) is 9.69 Å². The van der Waals surface area contributed by atoms with Crippen LogP contribution in [0.2, 0.25) is 0 Å². The van der Waals surface area contributed by atoms with Gasteiger partial charge in [0.2, 0.25) is 5.91 Å². The van der Waals surface area contributed by atoms with Gasteiger partial charge < -0.3 is 15.4 Å². The molecule has 0 spiro atoms. The summed E-state index contributed by atoms with van der Waals surface area (Å²) in [6.07, 6.45) is 1.06. The minimum absolute atomic E-state index is 0.139. The number of imidazole rings is 1. The zero-order valence-corrected chi connectivity index (χ0v) is 16.2. The number of aliphatic hydroxyl groups is 1. The van der Waals surface area contributed by atoms with Gasteiger partial charge in [-0.2, -0.15) is 0 Å². The number of aromatic nitrogens is 2. The Bertz CT molecular complexity index is 1000. The molecule has 0 aliphatic carbocycles. The molecule has 0 saturated carbocycles. The van der Waals surface area contributed by atoms with Gasteiger partial charge in [0, 0.05) is 39.0 Å². The van der Waals surface area contributed by atoms with Gasteiger partial charge in [-0.25, -0.2) is 9.37 Å². The second kappa shape index (κ2) is 8.71. The third kappa shape index (κ3) is 4.99. The maximum absolute atomic E-state index is 13.2. The van der Waals surface area contributed by atoms with Gasteiger partial charge in [0.25, 0.3) is 0 Å². The molecule has 1 aliphatic heterocycles. The maximum atomic E-state index is 13.2. The van der Waals surface area contributed by atoms with Crippen molar-refractivity contribution in [3.05, 3.63) is 65.2 Å². The Morgan fingerprint density at radius 3 is 2.97 bits per heavy atom. The quantitative estimate of drug-likeness (QED) is 0.572. The molecule has 0 bridgehead atoms. The topological polar surface area (TPSA) is 81.2 Å². The third-order valence-corrected chi connectivity index (χ3v) is 5.30. The summed E-state index contributed by atoms with van der Waals surface area (Å²) < 4.78 is 13.2. The summed E-state index contributed by atoms with van der Waals surface area (Å²) in [5, 5.41) is 13.1. The van der Waals surface area contributed by atoms with Crippen molar-refractivity contribution in [3.63, 3.8) is 0 Å². The van der Waals surface area contributed by atoms with E-state index >= 15 is 0 Å². The van der Waals surface area contributed by atoms with Gasteiger partial charge in [-0.05, 0) is 35.7 Å². The summed E-state index contributed by atoms with van der Waals surface area (Å²) in [7, 11) is 0. The zero-order valence-electron chi connectivity index (χ0n) is 16.2. The number of aryl methyl sites for hydroxylation is 1. The third-order valence-electron chi connectivity index (χ3n) is 5.30. The summed E-state index contributed by atoms with van der Waals surface area (Å²) >= 11 is 0. The Hall–Kier alpha value is -2.77. The van der Waals surface area contributed by atoms with E-state index in [1.54, 1.807) is 6.07 Å². The minimum Gasteiger partial charge on any atom is -0.390 e. The second-order valence-corrected chi connectivity index (χ2v) is 7.56. The molecule has 3 N–H and O–H groups in total. The summed E-state index contributed by atoms with van der Waals surface area (Å²) in [5.74, 6) is 0.185. The molecule has 1 amide bonds. The zero-order chi connectivity index (χ0) is 20.2. The van der Waals surface area contributed by atoms with E-state index in [0.29, 0.717) is 29.8 Å². The van der Waals surface area contributed by atoms with E-state index in [1.807, 2.05) is 6.07 Å². The lowest BCUT2D eigenvalue weighted by atomic mass is 10.00. The van der Waals surface area contributed by atoms with Crippen molar-refractivity contribution in [3.8, 4) is 0 Å². The van der Waals surface area contributed by atoms with Crippen LogP contribution in [0.1, 0.15) is 23.4 Å². The summed E-state index contributed by atoms with van der Waals surface area (Å²) in [5.41, 5.74) is 3.99. The van der Waals surface area contributed by atoms with E-state index in [-0.39, 0.29) is 24.7 Å². The average molecular weight is 396 g/mol. The second-order valence-electron chi connectivity index (χ2n) is 7.56. The number of nitrogens with one attached hydrogen (secondary N) is 2. The van der Waals surface area contributed by atoms with Crippen molar-refractivity contribution >= 4 is 16.9 Å². The molecule has 4 rings (SSSR count). The molecular formula is C22H25FN4O2. The number of rotatable bonds is 7. The Kier molecular flexibility index (Phi) is 5.87. The molecule has 1 atom stereocenters. The molecule has 1 aliphatic rings. The molecule has 7 heteroatoms. The summed E-state index contributed by atoms with van der Waals surface area (Å²) in [6, 6.07) is 12.7. The molecule has 3 aromatic rings. The normalized spacial score (nSPS) is 15.2. The first-order chi connectivity index (χ1) is 14.1. The Morgan fingerprint density at radius 1 is 1.28 bits per heavy atom. The van der Waals surface area contributed by atoms with Crippen molar-refractivity contribution in [2.75, 3.05) is 19.6 Å². The van der Waals surface area contributed by atoms with E-state index in [1.165, 1.54) is 23.3 Å². The van der Waals surface area contributed by atoms with Crippen LogP contribution in [0.3, 0.4) is 0 Å². The highest BCUT2D eigenvalue weighted by molar-refractivity contribution is 5.77. The number of hydrogen-bond donors (Lipinski definition) is 3. The number of amides is 1. The SMILES string of the molecule is O=C(CCc1nc2ccc(F)cc2[nH]1)NC[C@@H](O)CN1CCc2ccccc2C1. The van der Waals surface area contributed by atoms with Gasteiger partial charge in [-0.15, -0.1) is 0 Å². The molecule has 1 aromatic heterocycles. The standard InChI is InChI=1S/C22H25FN4O2/c23-17-5-6-19-20(11-17)26-21(25-19)7-8-22(29)24-12-18(28)14-27-10-9-15-3-1-2-4-16(15)13-27/h1-6,11,18,28H,7-10,12-14H2,(H,24,29)(H,25,26)/t18-/m1/s1. The van der Waals surface area contributed by atoms with E-state index in [2.05, 4.69) is 38.4 Å². The van der Waals surface area contributed by atoms with E-state index in [0.717, 1.165) is 19.5 Å². The number of β-amino-alcohol motifs (C(OH)–C–C–N with tert-alkyl or cyclic N) is 1. The molecule has 0 radical (unpaired) electrons. The van der Waals surface area contributed by atoms with Crippen molar-refractivity contribution in [2.45, 2.75) is 31.9 Å². The molecule has 0 saturated heterocycles.